The van der Waals surface area contributed by atoms with Gasteiger partial charge in [-0.1, -0.05) is 42.5 Å². The molecule has 2 aromatic carbocycles. The van der Waals surface area contributed by atoms with E-state index in [1.165, 1.54) is 0 Å². The van der Waals surface area contributed by atoms with Gasteiger partial charge in [-0.05, 0) is 51.7 Å². The highest BCUT2D eigenvalue weighted by atomic mass is 16.5. The molecule has 6 nitrogen and oxygen atoms in total. The van der Waals surface area contributed by atoms with Crippen LogP contribution >= 0.6 is 0 Å². The van der Waals surface area contributed by atoms with Crippen LogP contribution in [0.5, 0.6) is 5.75 Å². The summed E-state index contributed by atoms with van der Waals surface area (Å²) in [5.41, 5.74) is 1.40. The number of benzene rings is 2. The summed E-state index contributed by atoms with van der Waals surface area (Å²) in [7, 11) is 3.93. The first-order valence-electron chi connectivity index (χ1n) is 10.1. The van der Waals surface area contributed by atoms with Crippen molar-refractivity contribution in [1.82, 2.24) is 9.80 Å². The minimum absolute atomic E-state index is 0.125. The smallest absolute Gasteiger partial charge is 0.295 e. The van der Waals surface area contributed by atoms with Gasteiger partial charge in [0.15, 0.2) is 0 Å². The van der Waals surface area contributed by atoms with E-state index >= 15 is 0 Å². The molecule has 1 saturated heterocycles. The highest BCUT2D eigenvalue weighted by molar-refractivity contribution is 6.46. The van der Waals surface area contributed by atoms with Crippen molar-refractivity contribution in [1.29, 1.82) is 0 Å². The van der Waals surface area contributed by atoms with Crippen LogP contribution in [0.25, 0.3) is 5.76 Å². The average molecular weight is 408 g/mol. The summed E-state index contributed by atoms with van der Waals surface area (Å²) >= 11 is 0. The Hall–Kier alpha value is -3.12. The summed E-state index contributed by atoms with van der Waals surface area (Å²) in [5.74, 6) is -0.665. The van der Waals surface area contributed by atoms with Crippen LogP contribution in [-0.2, 0) is 9.59 Å². The van der Waals surface area contributed by atoms with Gasteiger partial charge in [0, 0.05) is 12.1 Å². The molecule has 1 fully saturated rings. The predicted octanol–water partition coefficient (Wildman–Crippen LogP) is 3.46. The first-order chi connectivity index (χ1) is 14.4. The second-order valence-electron chi connectivity index (χ2n) is 7.52. The molecule has 1 amide bonds. The lowest BCUT2D eigenvalue weighted by Gasteiger charge is -2.26. The van der Waals surface area contributed by atoms with Crippen LogP contribution in [0.3, 0.4) is 0 Å². The number of hydrogen-bond acceptors (Lipinski definition) is 5. The maximum atomic E-state index is 12.9. The van der Waals surface area contributed by atoms with Gasteiger partial charge in [-0.3, -0.25) is 9.59 Å². The van der Waals surface area contributed by atoms with Gasteiger partial charge in [-0.25, -0.2) is 0 Å². The van der Waals surface area contributed by atoms with Crippen molar-refractivity contribution in [2.24, 2.45) is 0 Å². The summed E-state index contributed by atoms with van der Waals surface area (Å²) in [6.07, 6.45) is 0.721. The molecule has 1 aliphatic rings. The third kappa shape index (κ3) is 4.54. The Labute approximate surface area is 177 Å². The van der Waals surface area contributed by atoms with E-state index < -0.39 is 17.7 Å². The fourth-order valence-electron chi connectivity index (χ4n) is 3.68. The molecule has 0 bridgehead atoms. The molecule has 2 aromatic rings. The standard InChI is InChI=1S/C24H28N2O4/c1-4-30-19-13-11-17(12-14-19)21-20(22(27)18-9-6-5-7-10-18)23(28)24(29)26(21)16-8-15-25(2)3/h5-7,9-14,21,27H,4,8,15-16H2,1-3H3/b22-20+. The van der Waals surface area contributed by atoms with Gasteiger partial charge < -0.3 is 19.6 Å². The molecule has 1 aliphatic heterocycles. The van der Waals surface area contributed by atoms with Crippen molar-refractivity contribution in [2.75, 3.05) is 33.8 Å². The number of ketones is 1. The molecular weight excluding hydrogens is 380 g/mol. The van der Waals surface area contributed by atoms with Crippen LogP contribution in [-0.4, -0.2) is 60.4 Å². The van der Waals surface area contributed by atoms with E-state index in [-0.39, 0.29) is 11.3 Å². The Morgan fingerprint density at radius 2 is 1.73 bits per heavy atom. The van der Waals surface area contributed by atoms with Crippen molar-refractivity contribution in [3.05, 3.63) is 71.3 Å². The average Bonchev–Trinajstić information content (AvgIpc) is 2.99. The van der Waals surface area contributed by atoms with E-state index in [9.17, 15) is 14.7 Å². The summed E-state index contributed by atoms with van der Waals surface area (Å²) in [6.45, 7) is 3.67. The van der Waals surface area contributed by atoms with Crippen molar-refractivity contribution in [3.63, 3.8) is 0 Å². The molecule has 1 unspecified atom stereocenters. The molecule has 6 heteroatoms. The monoisotopic (exact) mass is 408 g/mol. The Bertz CT molecular complexity index is 920. The number of likely N-dealkylation sites (tertiary alicyclic amines) is 1. The van der Waals surface area contributed by atoms with E-state index in [1.807, 2.05) is 56.3 Å². The maximum Gasteiger partial charge on any atom is 0.295 e. The van der Waals surface area contributed by atoms with E-state index in [0.29, 0.717) is 24.5 Å². The minimum atomic E-state index is -0.653. The molecule has 0 spiro atoms. The third-order valence-electron chi connectivity index (χ3n) is 5.10. The zero-order valence-corrected chi connectivity index (χ0v) is 17.7. The zero-order valence-electron chi connectivity index (χ0n) is 17.7. The molecule has 1 N–H and O–H groups in total. The summed E-state index contributed by atoms with van der Waals surface area (Å²) < 4.78 is 5.51. The van der Waals surface area contributed by atoms with Crippen LogP contribution in [0.4, 0.5) is 0 Å². The van der Waals surface area contributed by atoms with Gasteiger partial charge in [-0.2, -0.15) is 0 Å². The quantitative estimate of drug-likeness (QED) is 0.412. The fourth-order valence-corrected chi connectivity index (χ4v) is 3.68. The Morgan fingerprint density at radius 1 is 1.07 bits per heavy atom. The van der Waals surface area contributed by atoms with Gasteiger partial charge in [0.2, 0.25) is 0 Å². The molecule has 158 valence electrons. The number of Topliss-reactive ketones (excluding diaryl/α,β-unsaturated/α-hetero) is 1. The number of ether oxygens (including phenoxy) is 1. The van der Waals surface area contributed by atoms with Gasteiger partial charge >= 0.3 is 0 Å². The van der Waals surface area contributed by atoms with E-state index in [0.717, 1.165) is 18.5 Å². The summed E-state index contributed by atoms with van der Waals surface area (Å²) in [4.78, 5) is 29.4. The number of nitrogens with zero attached hydrogens (tertiary/aromatic N) is 2. The van der Waals surface area contributed by atoms with Gasteiger partial charge in [0.25, 0.3) is 11.7 Å². The zero-order chi connectivity index (χ0) is 21.7. The lowest BCUT2D eigenvalue weighted by Crippen LogP contribution is -2.32. The van der Waals surface area contributed by atoms with Gasteiger partial charge in [0.05, 0.1) is 18.2 Å². The first kappa shape index (κ1) is 21.6. The topological polar surface area (TPSA) is 70.1 Å². The van der Waals surface area contributed by atoms with Gasteiger partial charge in [-0.15, -0.1) is 0 Å². The fraction of sp³-hybridized carbons (Fsp3) is 0.333. The molecule has 1 heterocycles. The molecule has 0 aliphatic carbocycles. The molecule has 0 saturated carbocycles. The van der Waals surface area contributed by atoms with E-state index in [4.69, 9.17) is 4.74 Å². The van der Waals surface area contributed by atoms with Crippen LogP contribution in [0.2, 0.25) is 0 Å². The van der Waals surface area contributed by atoms with Crippen molar-refractivity contribution >= 4 is 17.4 Å². The molecule has 0 radical (unpaired) electrons. The second-order valence-corrected chi connectivity index (χ2v) is 7.52. The Balaban J connectivity index is 2.05. The largest absolute Gasteiger partial charge is 0.507 e. The molecule has 30 heavy (non-hydrogen) atoms. The molecule has 1 atom stereocenters. The maximum absolute atomic E-state index is 12.9. The highest BCUT2D eigenvalue weighted by Gasteiger charge is 2.45. The second kappa shape index (κ2) is 9.59. The Morgan fingerprint density at radius 3 is 2.33 bits per heavy atom. The van der Waals surface area contributed by atoms with Crippen molar-refractivity contribution in [3.8, 4) is 5.75 Å². The SMILES string of the molecule is CCOc1ccc(C2/C(=C(\O)c3ccccc3)C(=O)C(=O)N2CCCN(C)C)cc1. The van der Waals surface area contributed by atoms with Crippen LogP contribution < -0.4 is 4.74 Å². The Kier molecular flexibility index (Phi) is 6.90. The normalized spacial score (nSPS) is 18.3. The minimum Gasteiger partial charge on any atom is -0.507 e. The van der Waals surface area contributed by atoms with Crippen molar-refractivity contribution < 1.29 is 19.4 Å². The molecular formula is C24H28N2O4. The van der Waals surface area contributed by atoms with Gasteiger partial charge in [0.1, 0.15) is 11.5 Å². The first-order valence-corrected chi connectivity index (χ1v) is 10.1. The number of aliphatic hydroxyl groups excluding tert-OH is 1. The van der Waals surface area contributed by atoms with Crippen molar-refractivity contribution in [2.45, 2.75) is 19.4 Å². The number of carbonyl (C=O) groups excluding carboxylic acids is 2. The number of hydrogen-bond donors (Lipinski definition) is 1. The molecule has 3 rings (SSSR count). The van der Waals surface area contributed by atoms with Crippen LogP contribution in [0, 0.1) is 0 Å². The van der Waals surface area contributed by atoms with Crippen LogP contribution in [0.1, 0.15) is 30.5 Å². The predicted molar refractivity (Wildman–Crippen MR) is 116 cm³/mol. The van der Waals surface area contributed by atoms with E-state index in [2.05, 4.69) is 0 Å². The number of aliphatic hydroxyl groups is 1. The van der Waals surface area contributed by atoms with E-state index in [1.54, 1.807) is 29.2 Å². The summed E-state index contributed by atoms with van der Waals surface area (Å²) in [6, 6.07) is 15.6. The highest BCUT2D eigenvalue weighted by Crippen LogP contribution is 2.39. The molecule has 0 aromatic heterocycles. The lowest BCUT2D eigenvalue weighted by atomic mass is 9.95. The third-order valence-corrected chi connectivity index (χ3v) is 5.10. The van der Waals surface area contributed by atoms with Crippen LogP contribution in [0.15, 0.2) is 60.2 Å². The lowest BCUT2D eigenvalue weighted by molar-refractivity contribution is -0.139. The number of carbonyl (C=O) groups is 2. The summed E-state index contributed by atoms with van der Waals surface area (Å²) in [5, 5.41) is 11.0. The number of amides is 1. The number of rotatable bonds is 8.